The zero-order valence-corrected chi connectivity index (χ0v) is 17.9. The van der Waals surface area contributed by atoms with E-state index in [1.165, 1.54) is 0 Å². The van der Waals surface area contributed by atoms with Gasteiger partial charge in [0, 0.05) is 37.9 Å². The van der Waals surface area contributed by atoms with Crippen molar-refractivity contribution in [3.8, 4) is 11.1 Å². The van der Waals surface area contributed by atoms with Crippen LogP contribution in [0, 0.1) is 0 Å². The van der Waals surface area contributed by atoms with Crippen LogP contribution >= 0.6 is 0 Å². The molecule has 4 rings (SSSR count). The van der Waals surface area contributed by atoms with Crippen molar-refractivity contribution in [2.75, 3.05) is 38.1 Å². The molecule has 3 heterocycles. The van der Waals surface area contributed by atoms with Crippen LogP contribution in [0.1, 0.15) is 24.7 Å². The maximum absolute atomic E-state index is 12.5. The van der Waals surface area contributed by atoms with Crippen molar-refractivity contribution >= 4 is 22.8 Å². The lowest BCUT2D eigenvalue weighted by atomic mass is 9.95. The van der Waals surface area contributed by atoms with Gasteiger partial charge in [0.1, 0.15) is 16.7 Å². The molecule has 2 aliphatic heterocycles. The molecule has 2 unspecified atom stereocenters. The van der Waals surface area contributed by atoms with Crippen molar-refractivity contribution in [2.24, 2.45) is 10.1 Å². The molecule has 0 aliphatic carbocycles. The van der Waals surface area contributed by atoms with Crippen molar-refractivity contribution in [2.45, 2.75) is 24.7 Å². The van der Waals surface area contributed by atoms with Gasteiger partial charge in [0.25, 0.3) is 6.02 Å². The molecule has 2 aliphatic rings. The number of hydrogen-bond acceptors (Lipinski definition) is 6. The van der Waals surface area contributed by atoms with Gasteiger partial charge in [-0.25, -0.2) is 9.19 Å². The molecular formula is C21H27N5O2S. The Labute approximate surface area is 174 Å². The second-order valence-corrected chi connectivity index (χ2v) is 9.31. The van der Waals surface area contributed by atoms with Gasteiger partial charge < -0.3 is 20.3 Å². The van der Waals surface area contributed by atoms with Crippen LogP contribution in [0.15, 0.2) is 47.0 Å². The summed E-state index contributed by atoms with van der Waals surface area (Å²) >= 11 is 0. The van der Waals surface area contributed by atoms with E-state index >= 15 is 0 Å². The summed E-state index contributed by atoms with van der Waals surface area (Å²) in [4.78, 5) is 9.32. The van der Waals surface area contributed by atoms with Gasteiger partial charge in [-0.3, -0.25) is 0 Å². The van der Waals surface area contributed by atoms with E-state index in [1.807, 2.05) is 44.3 Å². The monoisotopic (exact) mass is 413 g/mol. The number of rotatable bonds is 3. The number of aromatic nitrogens is 1. The second-order valence-electron chi connectivity index (χ2n) is 8.11. The molecule has 1 aromatic carbocycles. The minimum atomic E-state index is -1.47. The van der Waals surface area contributed by atoms with Crippen molar-refractivity contribution < 1.29 is 8.95 Å². The Balaban J connectivity index is 1.52. The normalized spacial score (nSPS) is 24.7. The third-order valence-electron chi connectivity index (χ3n) is 5.50. The van der Waals surface area contributed by atoms with Crippen LogP contribution in [-0.2, 0) is 15.7 Å². The molecule has 0 amide bonds. The van der Waals surface area contributed by atoms with Gasteiger partial charge in [0.05, 0.1) is 0 Å². The largest absolute Gasteiger partial charge is 0.457 e. The maximum atomic E-state index is 12.5. The number of piperazine rings is 1. The summed E-state index contributed by atoms with van der Waals surface area (Å²) in [5.41, 5.74) is 7.97. The topological polar surface area (TPSA) is 84.0 Å². The SMILES string of the molecule is CN1CCN(c2ccc(-c3ccc(C4S(=O)N=C(N)OC4(C)C)cc3)cn2)CC1. The van der Waals surface area contributed by atoms with E-state index < -0.39 is 16.6 Å². The lowest BCUT2D eigenvalue weighted by Gasteiger charge is -2.35. The first kappa shape index (κ1) is 19.8. The predicted molar refractivity (Wildman–Crippen MR) is 117 cm³/mol. The van der Waals surface area contributed by atoms with E-state index in [-0.39, 0.29) is 11.3 Å². The molecule has 8 heteroatoms. The first-order chi connectivity index (χ1) is 13.8. The predicted octanol–water partition coefficient (Wildman–Crippen LogP) is 2.33. The Morgan fingerprint density at radius 3 is 2.31 bits per heavy atom. The van der Waals surface area contributed by atoms with Gasteiger partial charge in [-0.2, -0.15) is 0 Å². The van der Waals surface area contributed by atoms with E-state index in [9.17, 15) is 4.21 Å². The number of hydrogen-bond donors (Lipinski definition) is 1. The Morgan fingerprint density at radius 2 is 1.72 bits per heavy atom. The van der Waals surface area contributed by atoms with Crippen molar-refractivity contribution in [3.05, 3.63) is 48.2 Å². The molecular weight excluding hydrogens is 386 g/mol. The smallest absolute Gasteiger partial charge is 0.296 e. The van der Waals surface area contributed by atoms with Crippen molar-refractivity contribution in [1.29, 1.82) is 0 Å². The minimum Gasteiger partial charge on any atom is -0.457 e. The van der Waals surface area contributed by atoms with Crippen LogP contribution in [0.5, 0.6) is 0 Å². The van der Waals surface area contributed by atoms with E-state index in [2.05, 4.69) is 38.4 Å². The molecule has 1 fully saturated rings. The summed E-state index contributed by atoms with van der Waals surface area (Å²) in [6.45, 7) is 7.88. The molecule has 2 N–H and O–H groups in total. The number of pyridine rings is 1. The Hall–Kier alpha value is -2.45. The number of benzene rings is 1. The number of amidine groups is 1. The highest BCUT2D eigenvalue weighted by Crippen LogP contribution is 2.38. The third-order valence-corrected chi connectivity index (χ3v) is 7.11. The molecule has 2 aromatic rings. The van der Waals surface area contributed by atoms with E-state index in [0.717, 1.165) is 48.7 Å². The summed E-state index contributed by atoms with van der Waals surface area (Å²) in [5.74, 6) is 1.02. The zero-order chi connectivity index (χ0) is 20.6. The van der Waals surface area contributed by atoms with Crippen molar-refractivity contribution in [1.82, 2.24) is 9.88 Å². The Bertz CT molecular complexity index is 919. The Kier molecular flexibility index (Phi) is 5.31. The molecule has 1 aromatic heterocycles. The third kappa shape index (κ3) is 4.13. The summed E-state index contributed by atoms with van der Waals surface area (Å²) in [7, 11) is 0.676. The van der Waals surface area contributed by atoms with Crippen molar-refractivity contribution in [3.63, 3.8) is 0 Å². The first-order valence-corrected chi connectivity index (χ1v) is 10.9. The fraction of sp³-hybridized carbons (Fsp3) is 0.429. The van der Waals surface area contributed by atoms with Crippen LogP contribution in [-0.4, -0.2) is 58.9 Å². The molecule has 29 heavy (non-hydrogen) atoms. The molecule has 1 saturated heterocycles. The molecule has 0 radical (unpaired) electrons. The lowest BCUT2D eigenvalue weighted by molar-refractivity contribution is 0.0848. The number of likely N-dealkylation sites (N-methyl/N-ethyl adjacent to an activating group) is 1. The zero-order valence-electron chi connectivity index (χ0n) is 17.0. The summed E-state index contributed by atoms with van der Waals surface area (Å²) in [6, 6.07) is 12.2. The van der Waals surface area contributed by atoms with Crippen LogP contribution in [0.3, 0.4) is 0 Å². The average Bonchev–Trinajstić information content (AvgIpc) is 2.68. The van der Waals surface area contributed by atoms with E-state index in [1.54, 1.807) is 0 Å². The summed E-state index contributed by atoms with van der Waals surface area (Å²) < 4.78 is 22.1. The minimum absolute atomic E-state index is 0.0206. The number of anilines is 1. The quantitative estimate of drug-likeness (QED) is 0.831. The first-order valence-electron chi connectivity index (χ1n) is 9.77. The number of nitrogens with two attached hydrogens (primary N) is 1. The van der Waals surface area contributed by atoms with Crippen LogP contribution in [0.4, 0.5) is 5.82 Å². The van der Waals surface area contributed by atoms with Gasteiger partial charge in [0.2, 0.25) is 0 Å². The number of nitrogens with zero attached hydrogens (tertiary/aromatic N) is 4. The molecule has 7 nitrogen and oxygen atoms in total. The second kappa shape index (κ2) is 7.76. The summed E-state index contributed by atoms with van der Waals surface area (Å²) in [6.07, 6.45) is 1.92. The number of ether oxygens (including phenoxy) is 1. The standard InChI is InChI=1S/C21H27N5O2S/c1-21(2)19(29(27)24-20(22)28-21)16-6-4-15(5-7-16)17-8-9-18(23-14-17)26-12-10-25(3)11-13-26/h4-9,14,19H,10-13H2,1-3H3,(H2,22,24). The Morgan fingerprint density at radius 1 is 1.07 bits per heavy atom. The highest BCUT2D eigenvalue weighted by atomic mass is 32.2. The molecule has 0 saturated carbocycles. The van der Waals surface area contributed by atoms with E-state index in [4.69, 9.17) is 10.5 Å². The maximum Gasteiger partial charge on any atom is 0.296 e. The van der Waals surface area contributed by atoms with Crippen LogP contribution in [0.25, 0.3) is 11.1 Å². The molecule has 2 atom stereocenters. The fourth-order valence-corrected chi connectivity index (χ4v) is 5.12. The van der Waals surface area contributed by atoms with Gasteiger partial charge >= 0.3 is 0 Å². The van der Waals surface area contributed by atoms with Crippen LogP contribution < -0.4 is 10.6 Å². The molecule has 0 spiro atoms. The van der Waals surface area contributed by atoms with E-state index in [0.29, 0.717) is 0 Å². The van der Waals surface area contributed by atoms with Gasteiger partial charge in [-0.1, -0.05) is 24.3 Å². The summed E-state index contributed by atoms with van der Waals surface area (Å²) in [5, 5.41) is -0.374. The lowest BCUT2D eigenvalue weighted by Crippen LogP contribution is -2.44. The fourth-order valence-electron chi connectivity index (χ4n) is 3.87. The van der Waals surface area contributed by atoms with Gasteiger partial charge in [-0.15, -0.1) is 4.40 Å². The van der Waals surface area contributed by atoms with Gasteiger partial charge in [-0.05, 0) is 44.2 Å². The highest BCUT2D eigenvalue weighted by Gasteiger charge is 2.41. The molecule has 154 valence electrons. The van der Waals surface area contributed by atoms with Gasteiger partial charge in [0.15, 0.2) is 11.0 Å². The van der Waals surface area contributed by atoms with Crippen LogP contribution in [0.2, 0.25) is 0 Å². The molecule has 0 bridgehead atoms. The average molecular weight is 414 g/mol. The highest BCUT2D eigenvalue weighted by molar-refractivity contribution is 7.84.